The molecule has 1 rings (SSSR count). The van der Waals surface area contributed by atoms with Crippen LogP contribution in [0.4, 0.5) is 0 Å². The lowest BCUT2D eigenvalue weighted by Crippen LogP contribution is -2.33. The maximum atomic E-state index is 9.16. The molecule has 0 aliphatic rings. The van der Waals surface area contributed by atoms with Gasteiger partial charge in [-0.25, -0.2) is 9.97 Å². The minimum atomic E-state index is 0.158. The second-order valence-electron chi connectivity index (χ2n) is 4.14. The first-order chi connectivity index (χ1) is 7.22. The van der Waals surface area contributed by atoms with Gasteiger partial charge in [-0.2, -0.15) is 0 Å². The Morgan fingerprint density at radius 2 is 2.00 bits per heavy atom. The minimum Gasteiger partial charge on any atom is -0.395 e. The Labute approximate surface area is 90.8 Å². The molecule has 0 radical (unpaired) electrons. The average Bonchev–Trinajstić information content (AvgIpc) is 2.25. The molecule has 0 saturated heterocycles. The molecular weight excluding hydrogens is 190 g/mol. The second-order valence-corrected chi connectivity index (χ2v) is 4.14. The summed E-state index contributed by atoms with van der Waals surface area (Å²) in [5, 5.41) is 12.4. The van der Waals surface area contributed by atoms with E-state index >= 15 is 0 Å². The summed E-state index contributed by atoms with van der Waals surface area (Å²) in [6.45, 7) is 5.18. The number of aromatic nitrogens is 2. The summed E-state index contributed by atoms with van der Waals surface area (Å²) < 4.78 is 0. The summed E-state index contributed by atoms with van der Waals surface area (Å²) in [6, 6.07) is 0.158. The highest BCUT2D eigenvalue weighted by Gasteiger charge is 2.08. The predicted octanol–water partition coefficient (Wildman–Crippen LogP) is 0.973. The lowest BCUT2D eigenvalue weighted by atomic mass is 10.0. The Balaban J connectivity index is 2.34. The molecule has 84 valence electrons. The van der Waals surface area contributed by atoms with E-state index in [9.17, 15) is 0 Å². The van der Waals surface area contributed by atoms with Gasteiger partial charge in [0, 0.05) is 30.5 Å². The first kappa shape index (κ1) is 12.1. The molecule has 4 nitrogen and oxygen atoms in total. The fraction of sp³-hybridized carbons (Fsp3) is 0.636. The summed E-state index contributed by atoms with van der Waals surface area (Å²) in [5.41, 5.74) is 1.04. The highest BCUT2D eigenvalue weighted by atomic mass is 16.3. The first-order valence-corrected chi connectivity index (χ1v) is 5.30. The number of hydrogen-bond acceptors (Lipinski definition) is 4. The fourth-order valence-electron chi connectivity index (χ4n) is 1.47. The molecule has 1 aromatic rings. The summed E-state index contributed by atoms with van der Waals surface area (Å²) in [7, 11) is 0. The van der Waals surface area contributed by atoms with Crippen molar-refractivity contribution in [1.82, 2.24) is 15.3 Å². The molecule has 0 aliphatic carbocycles. The Morgan fingerprint density at radius 1 is 1.33 bits per heavy atom. The molecule has 0 aliphatic heterocycles. The van der Waals surface area contributed by atoms with Crippen LogP contribution in [0.15, 0.2) is 18.7 Å². The molecule has 0 saturated carbocycles. The van der Waals surface area contributed by atoms with Crippen molar-refractivity contribution < 1.29 is 5.11 Å². The topological polar surface area (TPSA) is 58.0 Å². The highest BCUT2D eigenvalue weighted by Crippen LogP contribution is 2.05. The van der Waals surface area contributed by atoms with E-state index in [1.807, 2.05) is 0 Å². The van der Waals surface area contributed by atoms with Crippen molar-refractivity contribution in [2.45, 2.75) is 32.9 Å². The van der Waals surface area contributed by atoms with E-state index < -0.39 is 0 Å². The van der Waals surface area contributed by atoms with Crippen LogP contribution in [0.25, 0.3) is 0 Å². The molecule has 1 unspecified atom stereocenters. The SMILES string of the molecule is CC(C)CC(CO)NCc1cncnc1. The third-order valence-corrected chi connectivity index (χ3v) is 2.19. The maximum absolute atomic E-state index is 9.16. The summed E-state index contributed by atoms with van der Waals surface area (Å²) in [5.74, 6) is 0.585. The van der Waals surface area contributed by atoms with Crippen LogP contribution in [0.5, 0.6) is 0 Å². The zero-order valence-electron chi connectivity index (χ0n) is 9.35. The first-order valence-electron chi connectivity index (χ1n) is 5.30. The van der Waals surface area contributed by atoms with Crippen molar-refractivity contribution in [3.63, 3.8) is 0 Å². The van der Waals surface area contributed by atoms with Gasteiger partial charge < -0.3 is 10.4 Å². The van der Waals surface area contributed by atoms with Crippen molar-refractivity contribution in [3.05, 3.63) is 24.3 Å². The van der Waals surface area contributed by atoms with Gasteiger partial charge in [0.2, 0.25) is 0 Å². The van der Waals surface area contributed by atoms with Crippen LogP contribution in [0.1, 0.15) is 25.8 Å². The fourth-order valence-corrected chi connectivity index (χ4v) is 1.47. The Morgan fingerprint density at radius 3 is 2.53 bits per heavy atom. The van der Waals surface area contributed by atoms with Crippen molar-refractivity contribution in [1.29, 1.82) is 0 Å². The smallest absolute Gasteiger partial charge is 0.115 e. The van der Waals surface area contributed by atoms with Crippen LogP contribution in [0, 0.1) is 5.92 Å². The van der Waals surface area contributed by atoms with Gasteiger partial charge >= 0.3 is 0 Å². The van der Waals surface area contributed by atoms with Crippen molar-refractivity contribution in [2.75, 3.05) is 6.61 Å². The molecule has 0 amide bonds. The summed E-state index contributed by atoms with van der Waals surface area (Å²) in [4.78, 5) is 7.87. The van der Waals surface area contributed by atoms with Gasteiger partial charge in [-0.3, -0.25) is 0 Å². The third kappa shape index (κ3) is 4.85. The largest absolute Gasteiger partial charge is 0.395 e. The average molecular weight is 209 g/mol. The minimum absolute atomic E-state index is 0.158. The molecule has 0 spiro atoms. The monoisotopic (exact) mass is 209 g/mol. The molecule has 15 heavy (non-hydrogen) atoms. The number of nitrogens with zero attached hydrogens (tertiary/aromatic N) is 2. The van der Waals surface area contributed by atoms with E-state index in [4.69, 9.17) is 5.11 Å². The number of aliphatic hydroxyl groups is 1. The molecule has 4 heteroatoms. The van der Waals surface area contributed by atoms with Crippen molar-refractivity contribution in [3.8, 4) is 0 Å². The van der Waals surface area contributed by atoms with Crippen LogP contribution in [-0.4, -0.2) is 27.7 Å². The molecule has 0 fully saturated rings. The van der Waals surface area contributed by atoms with Crippen LogP contribution in [-0.2, 0) is 6.54 Å². The van der Waals surface area contributed by atoms with Crippen LogP contribution in [0.2, 0.25) is 0 Å². The molecule has 1 aromatic heterocycles. The zero-order valence-corrected chi connectivity index (χ0v) is 9.35. The lowest BCUT2D eigenvalue weighted by molar-refractivity contribution is 0.223. The third-order valence-electron chi connectivity index (χ3n) is 2.19. The standard InChI is InChI=1S/C11H19N3O/c1-9(2)3-11(7-15)14-6-10-4-12-8-13-5-10/h4-5,8-9,11,14-15H,3,6-7H2,1-2H3. The van der Waals surface area contributed by atoms with Gasteiger partial charge in [0.05, 0.1) is 6.61 Å². The molecule has 0 bridgehead atoms. The molecule has 2 N–H and O–H groups in total. The molecule has 1 heterocycles. The van der Waals surface area contributed by atoms with E-state index in [0.717, 1.165) is 12.0 Å². The maximum Gasteiger partial charge on any atom is 0.115 e. The van der Waals surface area contributed by atoms with Gasteiger partial charge in [0.15, 0.2) is 0 Å². The molecule has 1 atom stereocenters. The quantitative estimate of drug-likeness (QED) is 0.733. The summed E-state index contributed by atoms with van der Waals surface area (Å²) in [6.07, 6.45) is 6.05. The van der Waals surface area contributed by atoms with Crippen LogP contribution in [0.3, 0.4) is 0 Å². The Hall–Kier alpha value is -1.00. The van der Waals surface area contributed by atoms with E-state index in [-0.39, 0.29) is 12.6 Å². The lowest BCUT2D eigenvalue weighted by Gasteiger charge is -2.17. The van der Waals surface area contributed by atoms with E-state index in [0.29, 0.717) is 12.5 Å². The zero-order chi connectivity index (χ0) is 11.1. The van der Waals surface area contributed by atoms with Gasteiger partial charge in [-0.1, -0.05) is 13.8 Å². The van der Waals surface area contributed by atoms with Crippen LogP contribution < -0.4 is 5.32 Å². The molecular formula is C11H19N3O. The van der Waals surface area contributed by atoms with Gasteiger partial charge in [0.1, 0.15) is 6.33 Å². The molecule has 0 aromatic carbocycles. The van der Waals surface area contributed by atoms with Crippen molar-refractivity contribution >= 4 is 0 Å². The van der Waals surface area contributed by atoms with Gasteiger partial charge in [0.25, 0.3) is 0 Å². The van der Waals surface area contributed by atoms with Gasteiger partial charge in [-0.15, -0.1) is 0 Å². The number of aliphatic hydroxyl groups excluding tert-OH is 1. The number of hydrogen-bond donors (Lipinski definition) is 2. The number of nitrogens with one attached hydrogen (secondary N) is 1. The van der Waals surface area contributed by atoms with Crippen molar-refractivity contribution in [2.24, 2.45) is 5.92 Å². The van der Waals surface area contributed by atoms with E-state index in [1.165, 1.54) is 6.33 Å². The normalized spacial score (nSPS) is 13.1. The number of rotatable bonds is 6. The second kappa shape index (κ2) is 6.48. The Kier molecular flexibility index (Phi) is 5.21. The van der Waals surface area contributed by atoms with Gasteiger partial charge in [-0.05, 0) is 12.3 Å². The Bertz CT molecular complexity index is 264. The van der Waals surface area contributed by atoms with E-state index in [2.05, 4.69) is 29.1 Å². The predicted molar refractivity (Wildman–Crippen MR) is 59.2 cm³/mol. The van der Waals surface area contributed by atoms with E-state index in [1.54, 1.807) is 12.4 Å². The van der Waals surface area contributed by atoms with Crippen LogP contribution >= 0.6 is 0 Å². The summed E-state index contributed by atoms with van der Waals surface area (Å²) >= 11 is 0. The highest BCUT2D eigenvalue weighted by molar-refractivity contribution is 5.01.